The minimum absolute atomic E-state index is 0.00913. The number of nitrogen functional groups attached to an aromatic ring is 1. The van der Waals surface area contributed by atoms with E-state index in [9.17, 15) is 4.79 Å². The van der Waals surface area contributed by atoms with Crippen LogP contribution in [0.1, 0.15) is 24.2 Å². The van der Waals surface area contributed by atoms with Crippen molar-refractivity contribution < 1.29 is 9.90 Å². The highest BCUT2D eigenvalue weighted by Gasteiger charge is 2.18. The molecule has 0 aliphatic carbocycles. The lowest BCUT2D eigenvalue weighted by molar-refractivity contribution is 0.0665. The summed E-state index contributed by atoms with van der Waals surface area (Å²) >= 11 is 5.86. The Hall–Kier alpha value is -1.26. The van der Waals surface area contributed by atoms with Crippen LogP contribution in [0, 0.1) is 0 Å². The summed E-state index contributed by atoms with van der Waals surface area (Å²) in [6.45, 7) is 4.01. The number of aliphatic hydroxyl groups excluding tert-OH is 1. The first-order valence-corrected chi connectivity index (χ1v) is 5.81. The van der Waals surface area contributed by atoms with E-state index in [-0.39, 0.29) is 18.6 Å². The van der Waals surface area contributed by atoms with E-state index in [4.69, 9.17) is 22.4 Å². The number of nitrogens with zero attached hydrogens (tertiary/aromatic N) is 1. The molecule has 0 saturated carbocycles. The van der Waals surface area contributed by atoms with Crippen molar-refractivity contribution in [1.29, 1.82) is 0 Å². The summed E-state index contributed by atoms with van der Waals surface area (Å²) in [5.74, 6) is -0.178. The fourth-order valence-electron chi connectivity index (χ4n) is 1.60. The van der Waals surface area contributed by atoms with Gasteiger partial charge in [0.05, 0.1) is 6.61 Å². The molecule has 94 valence electrons. The Morgan fingerprint density at radius 2 is 2.12 bits per heavy atom. The van der Waals surface area contributed by atoms with Crippen LogP contribution < -0.4 is 5.73 Å². The maximum atomic E-state index is 12.2. The third kappa shape index (κ3) is 3.61. The van der Waals surface area contributed by atoms with Gasteiger partial charge in [-0.1, -0.05) is 11.6 Å². The van der Waals surface area contributed by atoms with Gasteiger partial charge in [0.25, 0.3) is 5.91 Å². The van der Waals surface area contributed by atoms with Crippen molar-refractivity contribution in [3.63, 3.8) is 0 Å². The maximum absolute atomic E-state index is 12.2. The number of carbonyl (C=O) groups is 1. The topological polar surface area (TPSA) is 66.6 Å². The molecule has 0 aliphatic rings. The molecule has 0 saturated heterocycles. The van der Waals surface area contributed by atoms with Crippen molar-refractivity contribution in [2.24, 2.45) is 0 Å². The van der Waals surface area contributed by atoms with Gasteiger partial charge < -0.3 is 15.7 Å². The third-order valence-electron chi connectivity index (χ3n) is 2.39. The number of carbonyl (C=O) groups excluding carboxylic acids is 1. The molecule has 3 N–H and O–H groups in total. The van der Waals surface area contributed by atoms with Crippen molar-refractivity contribution >= 4 is 23.2 Å². The number of hydrogen-bond acceptors (Lipinski definition) is 3. The van der Waals surface area contributed by atoms with Crippen LogP contribution in [-0.4, -0.2) is 35.1 Å². The van der Waals surface area contributed by atoms with Gasteiger partial charge in [-0.25, -0.2) is 0 Å². The highest BCUT2D eigenvalue weighted by atomic mass is 35.5. The molecule has 0 spiro atoms. The molecular weight excluding hydrogens is 240 g/mol. The molecule has 1 rings (SSSR count). The number of rotatable bonds is 4. The highest BCUT2D eigenvalue weighted by Crippen LogP contribution is 2.18. The zero-order valence-electron chi connectivity index (χ0n) is 9.98. The molecule has 0 atom stereocenters. The first-order valence-electron chi connectivity index (χ1n) is 5.43. The minimum Gasteiger partial charge on any atom is -0.399 e. The van der Waals surface area contributed by atoms with Gasteiger partial charge in [0.1, 0.15) is 0 Å². The number of anilines is 1. The molecule has 0 unspecified atom stereocenters. The number of hydrogen-bond donors (Lipinski definition) is 2. The molecule has 0 heterocycles. The van der Waals surface area contributed by atoms with Gasteiger partial charge in [0.15, 0.2) is 0 Å². The van der Waals surface area contributed by atoms with Crippen LogP contribution in [0.4, 0.5) is 5.69 Å². The van der Waals surface area contributed by atoms with Crippen LogP contribution in [0.3, 0.4) is 0 Å². The van der Waals surface area contributed by atoms with Crippen LogP contribution in [-0.2, 0) is 0 Å². The highest BCUT2D eigenvalue weighted by molar-refractivity contribution is 6.31. The summed E-state index contributed by atoms with van der Waals surface area (Å²) in [6, 6.07) is 4.76. The summed E-state index contributed by atoms with van der Waals surface area (Å²) in [5, 5.41) is 9.38. The van der Waals surface area contributed by atoms with Gasteiger partial charge in [0.2, 0.25) is 0 Å². The van der Waals surface area contributed by atoms with Gasteiger partial charge in [0, 0.05) is 28.9 Å². The predicted octanol–water partition coefficient (Wildman–Crippen LogP) is 1.77. The monoisotopic (exact) mass is 256 g/mol. The van der Waals surface area contributed by atoms with E-state index in [2.05, 4.69) is 0 Å². The Balaban J connectivity index is 3.00. The van der Waals surface area contributed by atoms with E-state index in [1.54, 1.807) is 23.1 Å². The number of benzene rings is 1. The second kappa shape index (κ2) is 5.89. The Morgan fingerprint density at radius 1 is 1.47 bits per heavy atom. The van der Waals surface area contributed by atoms with Crippen LogP contribution in [0.2, 0.25) is 5.02 Å². The van der Waals surface area contributed by atoms with Crippen molar-refractivity contribution in [1.82, 2.24) is 4.90 Å². The Bertz CT molecular complexity index is 387. The maximum Gasteiger partial charge on any atom is 0.254 e. The lowest BCUT2D eigenvalue weighted by Crippen LogP contribution is -2.39. The molecule has 4 nitrogen and oxygen atoms in total. The summed E-state index contributed by atoms with van der Waals surface area (Å²) in [5.41, 5.74) is 6.54. The molecule has 1 aromatic carbocycles. The van der Waals surface area contributed by atoms with Crippen LogP contribution >= 0.6 is 11.6 Å². The SMILES string of the molecule is CC(C)N(CCO)C(=O)c1cc(N)cc(Cl)c1. The molecule has 0 aliphatic heterocycles. The summed E-state index contributed by atoms with van der Waals surface area (Å²) < 4.78 is 0. The molecule has 1 aromatic rings. The molecule has 0 aromatic heterocycles. The van der Waals surface area contributed by atoms with E-state index in [1.807, 2.05) is 13.8 Å². The normalized spacial score (nSPS) is 10.6. The van der Waals surface area contributed by atoms with E-state index < -0.39 is 0 Å². The fraction of sp³-hybridized carbons (Fsp3) is 0.417. The van der Waals surface area contributed by atoms with Crippen LogP contribution in [0.15, 0.2) is 18.2 Å². The smallest absolute Gasteiger partial charge is 0.254 e. The number of nitrogens with two attached hydrogens (primary N) is 1. The first-order chi connectivity index (χ1) is 7.95. The lowest BCUT2D eigenvalue weighted by Gasteiger charge is -2.26. The molecule has 5 heteroatoms. The zero-order valence-corrected chi connectivity index (χ0v) is 10.7. The molecule has 0 bridgehead atoms. The van der Waals surface area contributed by atoms with E-state index in [1.165, 1.54) is 0 Å². The molecule has 0 radical (unpaired) electrons. The average molecular weight is 257 g/mol. The zero-order chi connectivity index (χ0) is 13.0. The largest absolute Gasteiger partial charge is 0.399 e. The van der Waals surface area contributed by atoms with Crippen molar-refractivity contribution in [3.8, 4) is 0 Å². The van der Waals surface area contributed by atoms with Gasteiger partial charge in [-0.2, -0.15) is 0 Å². The second-order valence-electron chi connectivity index (χ2n) is 4.09. The molecule has 1 amide bonds. The number of halogens is 1. The Morgan fingerprint density at radius 3 is 2.59 bits per heavy atom. The van der Waals surface area contributed by atoms with E-state index in [0.717, 1.165) is 0 Å². The molecule has 17 heavy (non-hydrogen) atoms. The summed E-state index contributed by atoms with van der Waals surface area (Å²) in [4.78, 5) is 13.8. The van der Waals surface area contributed by atoms with Gasteiger partial charge in [-0.3, -0.25) is 4.79 Å². The quantitative estimate of drug-likeness (QED) is 0.807. The molecular formula is C12H17ClN2O2. The van der Waals surface area contributed by atoms with Crippen LogP contribution in [0.5, 0.6) is 0 Å². The van der Waals surface area contributed by atoms with Crippen molar-refractivity contribution in [3.05, 3.63) is 28.8 Å². The third-order valence-corrected chi connectivity index (χ3v) is 2.61. The Kier molecular flexibility index (Phi) is 4.78. The number of amides is 1. The molecule has 0 fully saturated rings. The van der Waals surface area contributed by atoms with Gasteiger partial charge in [-0.15, -0.1) is 0 Å². The van der Waals surface area contributed by atoms with E-state index >= 15 is 0 Å². The van der Waals surface area contributed by atoms with Gasteiger partial charge in [-0.05, 0) is 32.0 Å². The first kappa shape index (κ1) is 13.8. The van der Waals surface area contributed by atoms with E-state index in [0.29, 0.717) is 22.8 Å². The summed E-state index contributed by atoms with van der Waals surface area (Å²) in [6.07, 6.45) is 0. The summed E-state index contributed by atoms with van der Waals surface area (Å²) in [7, 11) is 0. The average Bonchev–Trinajstić information content (AvgIpc) is 2.23. The standard InChI is InChI=1S/C12H17ClN2O2/c1-8(2)15(3-4-16)12(17)9-5-10(13)7-11(14)6-9/h5-8,16H,3-4,14H2,1-2H3. The Labute approximate surface area is 106 Å². The minimum atomic E-state index is -0.178. The number of aliphatic hydroxyl groups is 1. The van der Waals surface area contributed by atoms with Crippen LogP contribution in [0.25, 0.3) is 0 Å². The van der Waals surface area contributed by atoms with Crippen molar-refractivity contribution in [2.45, 2.75) is 19.9 Å². The second-order valence-corrected chi connectivity index (χ2v) is 4.53. The van der Waals surface area contributed by atoms with Gasteiger partial charge >= 0.3 is 0 Å². The fourth-order valence-corrected chi connectivity index (χ4v) is 1.85. The lowest BCUT2D eigenvalue weighted by atomic mass is 10.1. The van der Waals surface area contributed by atoms with Crippen molar-refractivity contribution in [2.75, 3.05) is 18.9 Å². The predicted molar refractivity (Wildman–Crippen MR) is 69.1 cm³/mol.